The summed E-state index contributed by atoms with van der Waals surface area (Å²) in [6.45, 7) is 7.14. The van der Waals surface area contributed by atoms with Crippen LogP contribution in [0.25, 0.3) is 0 Å². The fourth-order valence-electron chi connectivity index (χ4n) is 1.97. The summed E-state index contributed by atoms with van der Waals surface area (Å²) in [4.78, 5) is 14.1. The second kappa shape index (κ2) is 6.01. The number of rotatable bonds is 6. The third-order valence-corrected chi connectivity index (χ3v) is 3.55. The molecule has 0 saturated heterocycles. The first kappa shape index (κ1) is 13.2. The summed E-state index contributed by atoms with van der Waals surface area (Å²) >= 11 is 1.70. The molecule has 0 aliphatic rings. The zero-order valence-electron chi connectivity index (χ0n) is 10.0. The summed E-state index contributed by atoms with van der Waals surface area (Å²) in [6, 6.07) is 4.31. The molecule has 1 heterocycles. The van der Waals surface area contributed by atoms with Crippen LogP contribution < -0.4 is 0 Å². The van der Waals surface area contributed by atoms with Gasteiger partial charge in [0.25, 0.3) is 0 Å². The van der Waals surface area contributed by atoms with E-state index in [9.17, 15) is 4.79 Å². The van der Waals surface area contributed by atoms with Gasteiger partial charge in [-0.3, -0.25) is 9.69 Å². The van der Waals surface area contributed by atoms with Gasteiger partial charge in [0.05, 0.1) is 6.54 Å². The summed E-state index contributed by atoms with van der Waals surface area (Å²) in [5.74, 6) is -0.345. The van der Waals surface area contributed by atoms with Gasteiger partial charge in [-0.25, -0.2) is 0 Å². The number of carboxylic acid groups (broad SMARTS) is 1. The van der Waals surface area contributed by atoms with E-state index in [1.165, 1.54) is 4.88 Å². The van der Waals surface area contributed by atoms with Gasteiger partial charge < -0.3 is 5.11 Å². The first-order chi connectivity index (χ1) is 7.56. The molecular formula is C12H19NO2S. The van der Waals surface area contributed by atoms with Crippen molar-refractivity contribution in [3.63, 3.8) is 0 Å². The van der Waals surface area contributed by atoms with Crippen LogP contribution in [-0.4, -0.2) is 29.1 Å². The van der Waals surface area contributed by atoms with E-state index in [4.69, 9.17) is 5.11 Å². The Labute approximate surface area is 101 Å². The molecule has 1 atom stereocenters. The highest BCUT2D eigenvalue weighted by molar-refractivity contribution is 7.10. The number of carbonyl (C=O) groups is 1. The summed E-state index contributed by atoms with van der Waals surface area (Å²) in [5.41, 5.74) is 0. The normalized spacial score (nSPS) is 13.3. The maximum absolute atomic E-state index is 10.8. The molecule has 0 fully saturated rings. The number of nitrogens with zero attached hydrogens (tertiary/aromatic N) is 1. The van der Waals surface area contributed by atoms with Gasteiger partial charge in [-0.2, -0.15) is 0 Å². The van der Waals surface area contributed by atoms with Gasteiger partial charge >= 0.3 is 5.97 Å². The maximum atomic E-state index is 10.8. The lowest BCUT2D eigenvalue weighted by atomic mass is 10.0. The quantitative estimate of drug-likeness (QED) is 0.832. The Morgan fingerprint density at radius 3 is 2.62 bits per heavy atom. The molecule has 0 aliphatic carbocycles. The first-order valence-electron chi connectivity index (χ1n) is 5.55. The van der Waals surface area contributed by atoms with Crippen molar-refractivity contribution < 1.29 is 9.90 Å². The molecule has 0 aliphatic heterocycles. The molecule has 4 heteroatoms. The van der Waals surface area contributed by atoms with Crippen molar-refractivity contribution in [2.24, 2.45) is 5.92 Å². The lowest BCUT2D eigenvalue weighted by Crippen LogP contribution is -2.35. The molecule has 0 bridgehead atoms. The van der Waals surface area contributed by atoms with Crippen LogP contribution in [0, 0.1) is 5.92 Å². The van der Waals surface area contributed by atoms with Crippen LogP contribution in [0.3, 0.4) is 0 Å². The molecule has 16 heavy (non-hydrogen) atoms. The van der Waals surface area contributed by atoms with Crippen molar-refractivity contribution in [3.8, 4) is 0 Å². The topological polar surface area (TPSA) is 40.5 Å². The zero-order chi connectivity index (χ0) is 12.1. The predicted molar refractivity (Wildman–Crippen MR) is 66.8 cm³/mol. The van der Waals surface area contributed by atoms with Gasteiger partial charge in [0.1, 0.15) is 0 Å². The van der Waals surface area contributed by atoms with E-state index in [1.807, 2.05) is 23.3 Å². The Morgan fingerprint density at radius 1 is 1.56 bits per heavy atom. The van der Waals surface area contributed by atoms with Gasteiger partial charge in [0.15, 0.2) is 0 Å². The van der Waals surface area contributed by atoms with E-state index in [0.29, 0.717) is 5.92 Å². The molecule has 1 aromatic heterocycles. The Balaban J connectivity index is 2.87. The molecule has 0 spiro atoms. The molecule has 0 amide bonds. The van der Waals surface area contributed by atoms with E-state index < -0.39 is 5.97 Å². The first-order valence-corrected chi connectivity index (χ1v) is 6.43. The van der Waals surface area contributed by atoms with Crippen LogP contribution in [0.2, 0.25) is 0 Å². The number of aliphatic carboxylic acids is 1. The summed E-state index contributed by atoms with van der Waals surface area (Å²) in [6.07, 6.45) is 0. The van der Waals surface area contributed by atoms with Crippen molar-refractivity contribution in [1.29, 1.82) is 0 Å². The smallest absolute Gasteiger partial charge is 0.317 e. The summed E-state index contributed by atoms with van der Waals surface area (Å²) in [7, 11) is 0. The highest BCUT2D eigenvalue weighted by atomic mass is 32.1. The fraction of sp³-hybridized carbons (Fsp3) is 0.583. The third kappa shape index (κ3) is 3.32. The number of hydrogen-bond donors (Lipinski definition) is 1. The Bertz CT molecular complexity index is 322. The number of hydrogen-bond acceptors (Lipinski definition) is 3. The Kier molecular flexibility index (Phi) is 4.96. The molecular weight excluding hydrogens is 222 g/mol. The van der Waals surface area contributed by atoms with Crippen LogP contribution in [0.5, 0.6) is 0 Å². The molecule has 1 unspecified atom stereocenters. The van der Waals surface area contributed by atoms with Gasteiger partial charge in [-0.1, -0.05) is 26.8 Å². The predicted octanol–water partition coefficient (Wildman–Crippen LogP) is 2.85. The molecule has 1 rings (SSSR count). The number of carboxylic acids is 1. The molecule has 90 valence electrons. The highest BCUT2D eigenvalue weighted by Crippen LogP contribution is 2.31. The Hall–Kier alpha value is -0.870. The SMILES string of the molecule is CCN(CC(=O)O)C(c1cccs1)C(C)C. The molecule has 3 nitrogen and oxygen atoms in total. The van der Waals surface area contributed by atoms with Crippen molar-refractivity contribution in [1.82, 2.24) is 4.90 Å². The van der Waals surface area contributed by atoms with Gasteiger partial charge in [-0.05, 0) is 23.9 Å². The van der Waals surface area contributed by atoms with Crippen LogP contribution in [0.4, 0.5) is 0 Å². The van der Waals surface area contributed by atoms with Crippen LogP contribution in [-0.2, 0) is 4.79 Å². The van der Waals surface area contributed by atoms with Crippen molar-refractivity contribution in [3.05, 3.63) is 22.4 Å². The monoisotopic (exact) mass is 241 g/mol. The average Bonchev–Trinajstić information content (AvgIpc) is 2.68. The van der Waals surface area contributed by atoms with E-state index >= 15 is 0 Å². The highest BCUT2D eigenvalue weighted by Gasteiger charge is 2.24. The van der Waals surface area contributed by atoms with Gasteiger partial charge in [-0.15, -0.1) is 11.3 Å². The molecule has 0 radical (unpaired) electrons. The molecule has 0 saturated carbocycles. The molecule has 1 aromatic rings. The van der Waals surface area contributed by atoms with Crippen molar-refractivity contribution >= 4 is 17.3 Å². The summed E-state index contributed by atoms with van der Waals surface area (Å²) < 4.78 is 0. The standard InChI is InChI=1S/C12H19NO2S/c1-4-13(8-11(14)15)12(9(2)3)10-6-5-7-16-10/h5-7,9,12H,4,8H2,1-3H3,(H,14,15). The second-order valence-electron chi connectivity index (χ2n) is 4.16. The van der Waals surface area contributed by atoms with E-state index in [2.05, 4.69) is 19.9 Å². The van der Waals surface area contributed by atoms with E-state index in [0.717, 1.165) is 6.54 Å². The van der Waals surface area contributed by atoms with Crippen molar-refractivity contribution in [2.75, 3.05) is 13.1 Å². The Morgan fingerprint density at radius 2 is 2.25 bits per heavy atom. The van der Waals surface area contributed by atoms with Gasteiger partial charge in [0.2, 0.25) is 0 Å². The summed E-state index contributed by atoms with van der Waals surface area (Å²) in [5, 5.41) is 10.9. The van der Waals surface area contributed by atoms with E-state index in [1.54, 1.807) is 11.3 Å². The van der Waals surface area contributed by atoms with Crippen LogP contribution in [0.15, 0.2) is 17.5 Å². The molecule has 1 N–H and O–H groups in total. The average molecular weight is 241 g/mol. The van der Waals surface area contributed by atoms with Crippen molar-refractivity contribution in [2.45, 2.75) is 26.8 Å². The second-order valence-corrected chi connectivity index (χ2v) is 5.14. The minimum atomic E-state index is -0.760. The number of thiophene rings is 1. The van der Waals surface area contributed by atoms with E-state index in [-0.39, 0.29) is 12.6 Å². The largest absolute Gasteiger partial charge is 0.480 e. The lowest BCUT2D eigenvalue weighted by molar-refractivity contribution is -0.139. The zero-order valence-corrected chi connectivity index (χ0v) is 10.8. The lowest BCUT2D eigenvalue weighted by Gasteiger charge is -2.31. The van der Waals surface area contributed by atoms with Crippen LogP contribution in [0.1, 0.15) is 31.7 Å². The third-order valence-electron chi connectivity index (χ3n) is 2.60. The van der Waals surface area contributed by atoms with Crippen LogP contribution >= 0.6 is 11.3 Å². The van der Waals surface area contributed by atoms with Gasteiger partial charge in [0, 0.05) is 10.9 Å². The number of likely N-dealkylation sites (N-methyl/N-ethyl adjacent to an activating group) is 1. The minimum Gasteiger partial charge on any atom is -0.480 e. The minimum absolute atomic E-state index is 0.108. The fourth-order valence-corrected chi connectivity index (χ4v) is 3.00. The molecule has 0 aromatic carbocycles. The maximum Gasteiger partial charge on any atom is 0.317 e.